The number of carbonyl (C=O) groups is 1. The summed E-state index contributed by atoms with van der Waals surface area (Å²) in [6.07, 6.45) is 0.417. The largest absolute Gasteiger partial charge is 0.445 e. The molecule has 114 valence electrons. The third-order valence-corrected chi connectivity index (χ3v) is 3.78. The quantitative estimate of drug-likeness (QED) is 0.849. The minimum absolute atomic E-state index is 0.204. The predicted molar refractivity (Wildman–Crippen MR) is 84.3 cm³/mol. The summed E-state index contributed by atoms with van der Waals surface area (Å²) in [5.41, 5.74) is 0.770. The summed E-state index contributed by atoms with van der Waals surface area (Å²) in [6, 6.07) is 9.60. The number of hydrogen-bond acceptors (Lipinski definition) is 5. The molecule has 0 atom stereocenters. The van der Waals surface area contributed by atoms with Gasteiger partial charge in [0.2, 0.25) is 0 Å². The van der Waals surface area contributed by atoms with Crippen LogP contribution < -0.4 is 5.32 Å². The van der Waals surface area contributed by atoms with Crippen molar-refractivity contribution in [3.8, 4) is 0 Å². The van der Waals surface area contributed by atoms with E-state index in [1.54, 1.807) is 11.8 Å². The van der Waals surface area contributed by atoms with E-state index in [1.165, 1.54) is 0 Å². The molecular formula is C15H20N2O3S. The maximum atomic E-state index is 11.5. The summed E-state index contributed by atoms with van der Waals surface area (Å²) < 4.78 is 5.12. The fourth-order valence-electron chi connectivity index (χ4n) is 1.78. The number of amides is 1. The molecule has 1 N–H and O–H groups in total. The van der Waals surface area contributed by atoms with E-state index >= 15 is 0 Å². The number of hydrogen-bond donors (Lipinski definition) is 1. The van der Waals surface area contributed by atoms with Crippen LogP contribution in [0, 0.1) is 0 Å². The number of carbonyl (C=O) groups excluding carboxylic acids is 1. The van der Waals surface area contributed by atoms with Crippen LogP contribution >= 0.6 is 11.8 Å². The van der Waals surface area contributed by atoms with E-state index in [0.29, 0.717) is 6.54 Å². The lowest BCUT2D eigenvalue weighted by atomic mass is 10.1. The second kappa shape index (κ2) is 7.36. The molecule has 21 heavy (non-hydrogen) atoms. The van der Waals surface area contributed by atoms with Gasteiger partial charge in [0.15, 0.2) is 0 Å². The Bertz CT molecular complexity index is 503. The molecule has 0 fully saturated rings. The van der Waals surface area contributed by atoms with Crippen molar-refractivity contribution in [1.82, 2.24) is 5.32 Å². The van der Waals surface area contributed by atoms with Crippen LogP contribution in [0.2, 0.25) is 0 Å². The van der Waals surface area contributed by atoms with Crippen molar-refractivity contribution in [2.75, 3.05) is 12.3 Å². The van der Waals surface area contributed by atoms with E-state index in [-0.39, 0.29) is 12.2 Å². The van der Waals surface area contributed by atoms with Gasteiger partial charge in [0.1, 0.15) is 17.3 Å². The average Bonchev–Trinajstić information content (AvgIpc) is 2.82. The fourth-order valence-corrected chi connectivity index (χ4v) is 2.76. The summed E-state index contributed by atoms with van der Waals surface area (Å²) in [5, 5.41) is 7.71. The van der Waals surface area contributed by atoms with Crippen molar-refractivity contribution in [3.63, 3.8) is 0 Å². The van der Waals surface area contributed by atoms with E-state index in [2.05, 4.69) is 10.5 Å². The van der Waals surface area contributed by atoms with Gasteiger partial charge in [-0.05, 0) is 19.4 Å². The van der Waals surface area contributed by atoms with Gasteiger partial charge >= 0.3 is 6.09 Å². The lowest BCUT2D eigenvalue weighted by Gasteiger charge is -2.13. The number of ether oxygens (including phenoxy) is 1. The number of alkyl carbamates (subject to hydrolysis) is 1. The average molecular weight is 308 g/mol. The van der Waals surface area contributed by atoms with Crippen LogP contribution in [0.5, 0.6) is 0 Å². The van der Waals surface area contributed by atoms with Gasteiger partial charge in [-0.25, -0.2) is 4.79 Å². The summed E-state index contributed by atoms with van der Waals surface area (Å²) in [7, 11) is 0. The van der Waals surface area contributed by atoms with E-state index in [9.17, 15) is 4.79 Å². The summed E-state index contributed by atoms with van der Waals surface area (Å²) in [4.78, 5) is 16.8. The maximum Gasteiger partial charge on any atom is 0.407 e. The van der Waals surface area contributed by atoms with Crippen LogP contribution in [-0.2, 0) is 16.2 Å². The zero-order valence-electron chi connectivity index (χ0n) is 12.3. The molecule has 0 unspecified atom stereocenters. The number of nitrogens with one attached hydrogen (secondary N) is 1. The summed E-state index contributed by atoms with van der Waals surface area (Å²) in [6.45, 7) is 4.83. The van der Waals surface area contributed by atoms with Crippen molar-refractivity contribution in [1.29, 1.82) is 0 Å². The lowest BCUT2D eigenvalue weighted by molar-refractivity contribution is 0.0123. The van der Waals surface area contributed by atoms with Gasteiger partial charge in [-0.15, -0.1) is 11.8 Å². The van der Waals surface area contributed by atoms with E-state index in [1.807, 2.05) is 44.2 Å². The molecule has 1 aromatic carbocycles. The molecule has 0 aromatic heterocycles. The molecule has 0 spiro atoms. The van der Waals surface area contributed by atoms with Crippen molar-refractivity contribution in [2.24, 2.45) is 5.16 Å². The van der Waals surface area contributed by atoms with Gasteiger partial charge in [-0.1, -0.05) is 35.5 Å². The second-order valence-electron chi connectivity index (χ2n) is 5.35. The Hall–Kier alpha value is -1.69. The first-order valence-corrected chi connectivity index (χ1v) is 7.86. The van der Waals surface area contributed by atoms with Crippen LogP contribution in [-0.4, -0.2) is 29.0 Å². The predicted octanol–water partition coefficient (Wildman–Crippen LogP) is 3.16. The van der Waals surface area contributed by atoms with Crippen molar-refractivity contribution >= 4 is 22.9 Å². The molecule has 0 radical (unpaired) electrons. The highest BCUT2D eigenvalue weighted by atomic mass is 32.2. The molecule has 1 aromatic rings. The van der Waals surface area contributed by atoms with Gasteiger partial charge in [-0.2, -0.15) is 0 Å². The van der Waals surface area contributed by atoms with E-state index < -0.39 is 6.09 Å². The van der Waals surface area contributed by atoms with Gasteiger partial charge in [0.25, 0.3) is 0 Å². The summed E-state index contributed by atoms with van der Waals surface area (Å²) in [5.74, 6) is 0.749. The first-order chi connectivity index (χ1) is 10.1. The third-order valence-electron chi connectivity index (χ3n) is 2.82. The molecule has 1 heterocycles. The highest BCUT2D eigenvalue weighted by Gasteiger charge is 2.28. The Balaban J connectivity index is 1.56. The Morgan fingerprint density at radius 2 is 2.19 bits per heavy atom. The minimum Gasteiger partial charge on any atom is -0.445 e. The number of thioether (sulfide) groups is 1. The van der Waals surface area contributed by atoms with Gasteiger partial charge in [0.05, 0.1) is 0 Å². The summed E-state index contributed by atoms with van der Waals surface area (Å²) >= 11 is 1.60. The van der Waals surface area contributed by atoms with Crippen LogP contribution in [0.4, 0.5) is 4.79 Å². The Morgan fingerprint density at radius 1 is 1.43 bits per heavy atom. The topological polar surface area (TPSA) is 59.9 Å². The Kier molecular flexibility index (Phi) is 5.50. The highest BCUT2D eigenvalue weighted by Crippen LogP contribution is 2.27. The van der Waals surface area contributed by atoms with Gasteiger partial charge < -0.3 is 14.9 Å². The van der Waals surface area contributed by atoms with Crippen molar-refractivity contribution in [2.45, 2.75) is 32.5 Å². The molecule has 0 aliphatic carbocycles. The highest BCUT2D eigenvalue weighted by molar-refractivity contribution is 8.13. The van der Waals surface area contributed by atoms with E-state index in [0.717, 1.165) is 22.8 Å². The molecule has 0 saturated carbocycles. The Labute approximate surface area is 129 Å². The van der Waals surface area contributed by atoms with E-state index in [4.69, 9.17) is 9.57 Å². The van der Waals surface area contributed by atoms with Crippen LogP contribution in [0.3, 0.4) is 0 Å². The monoisotopic (exact) mass is 308 g/mol. The Morgan fingerprint density at radius 3 is 2.86 bits per heavy atom. The SMILES string of the molecule is CC1(C)CC(SCCNC(=O)OCc2ccccc2)=NO1. The second-order valence-corrected chi connectivity index (χ2v) is 6.52. The van der Waals surface area contributed by atoms with Gasteiger partial charge in [0, 0.05) is 18.7 Å². The minimum atomic E-state index is -0.399. The molecule has 0 saturated heterocycles. The fraction of sp³-hybridized carbons (Fsp3) is 0.467. The molecule has 1 amide bonds. The number of rotatable bonds is 5. The molecule has 6 heteroatoms. The zero-order chi connectivity index (χ0) is 15.1. The van der Waals surface area contributed by atoms with Gasteiger partial charge in [-0.3, -0.25) is 0 Å². The lowest BCUT2D eigenvalue weighted by Crippen LogP contribution is -2.26. The molecule has 0 bridgehead atoms. The van der Waals surface area contributed by atoms with Crippen LogP contribution in [0.15, 0.2) is 35.5 Å². The third kappa shape index (κ3) is 5.67. The number of oxime groups is 1. The molecule has 1 aliphatic rings. The van der Waals surface area contributed by atoms with Crippen LogP contribution in [0.25, 0.3) is 0 Å². The van der Waals surface area contributed by atoms with Crippen molar-refractivity contribution < 1.29 is 14.4 Å². The smallest absolute Gasteiger partial charge is 0.407 e. The number of nitrogens with zero attached hydrogens (tertiary/aromatic N) is 1. The van der Waals surface area contributed by atoms with Crippen LogP contribution in [0.1, 0.15) is 25.8 Å². The molecule has 5 nitrogen and oxygen atoms in total. The van der Waals surface area contributed by atoms with Crippen molar-refractivity contribution in [3.05, 3.63) is 35.9 Å². The molecule has 1 aliphatic heterocycles. The standard InChI is InChI=1S/C15H20N2O3S/c1-15(2)10-13(17-20-15)21-9-8-16-14(18)19-11-12-6-4-3-5-7-12/h3-7H,8-11H2,1-2H3,(H,16,18). The molecular weight excluding hydrogens is 288 g/mol. The normalized spacial score (nSPS) is 16.0. The molecule has 2 rings (SSSR count). The zero-order valence-corrected chi connectivity index (χ0v) is 13.1. The number of benzene rings is 1. The first kappa shape index (κ1) is 15.7. The first-order valence-electron chi connectivity index (χ1n) is 6.87. The maximum absolute atomic E-state index is 11.5.